The first-order valence-electron chi connectivity index (χ1n) is 10.9. The summed E-state index contributed by atoms with van der Waals surface area (Å²) in [6.07, 6.45) is 1.75. The van der Waals surface area contributed by atoms with Crippen LogP contribution in [-0.4, -0.2) is 41.2 Å². The highest BCUT2D eigenvalue weighted by atomic mass is 35.5. The number of pyridine rings is 1. The third-order valence-corrected chi connectivity index (χ3v) is 6.72. The van der Waals surface area contributed by atoms with E-state index in [-0.39, 0.29) is 6.04 Å². The van der Waals surface area contributed by atoms with Crippen molar-refractivity contribution in [3.8, 4) is 6.07 Å². The minimum absolute atomic E-state index is 0.00777. The van der Waals surface area contributed by atoms with Gasteiger partial charge in [0.1, 0.15) is 5.60 Å². The van der Waals surface area contributed by atoms with Crippen LogP contribution in [0.2, 0.25) is 10.0 Å². The van der Waals surface area contributed by atoms with Crippen molar-refractivity contribution >= 4 is 28.9 Å². The lowest BCUT2D eigenvalue weighted by Gasteiger charge is -2.45. The van der Waals surface area contributed by atoms with Crippen molar-refractivity contribution in [1.82, 2.24) is 9.88 Å². The molecule has 1 aliphatic rings. The molecule has 0 aliphatic carbocycles. The number of aryl methyl sites for hydroxylation is 1. The van der Waals surface area contributed by atoms with Crippen LogP contribution in [0, 0.1) is 18.3 Å². The van der Waals surface area contributed by atoms with Crippen molar-refractivity contribution in [1.29, 1.82) is 5.26 Å². The molecule has 170 valence electrons. The first-order chi connectivity index (χ1) is 15.8. The van der Waals surface area contributed by atoms with E-state index in [1.807, 2.05) is 56.3 Å². The summed E-state index contributed by atoms with van der Waals surface area (Å²) in [5.74, 6) is 0. The van der Waals surface area contributed by atoms with Gasteiger partial charge in [0.25, 0.3) is 0 Å². The molecule has 1 fully saturated rings. The molecule has 3 aromatic rings. The summed E-state index contributed by atoms with van der Waals surface area (Å²) < 4.78 is 0. The van der Waals surface area contributed by atoms with E-state index in [2.05, 4.69) is 20.9 Å². The van der Waals surface area contributed by atoms with Crippen molar-refractivity contribution in [2.75, 3.05) is 31.1 Å². The molecule has 0 saturated carbocycles. The van der Waals surface area contributed by atoms with Crippen LogP contribution in [0.5, 0.6) is 0 Å². The third kappa shape index (κ3) is 5.31. The van der Waals surface area contributed by atoms with Crippen LogP contribution in [0.1, 0.15) is 35.3 Å². The Balaban J connectivity index is 1.62. The van der Waals surface area contributed by atoms with Gasteiger partial charge in [-0.2, -0.15) is 5.26 Å². The Bertz CT molecular complexity index is 1160. The number of aliphatic hydroxyl groups is 1. The van der Waals surface area contributed by atoms with Crippen LogP contribution in [0.25, 0.3) is 0 Å². The maximum absolute atomic E-state index is 11.2. The van der Waals surface area contributed by atoms with Gasteiger partial charge in [0.2, 0.25) is 0 Å². The molecule has 2 aromatic carbocycles. The number of nitrogens with zero attached hydrogens (tertiary/aromatic N) is 4. The standard InChI is InChI=1S/C26H26Cl2N4O/c1-18-3-7-21(15-30-18)26(2,33)17-31-11-12-32(24-10-4-19(14-29)13-23(24)28)25(16-31)20-5-8-22(27)9-6-20/h3-10,13,15,25,33H,11-12,16-17H2,1-2H3/t25-,26+/m0/s1. The second-order valence-corrected chi connectivity index (χ2v) is 9.58. The monoisotopic (exact) mass is 480 g/mol. The molecule has 4 rings (SSSR count). The number of hydrogen-bond donors (Lipinski definition) is 1. The van der Waals surface area contributed by atoms with E-state index in [0.717, 1.165) is 35.6 Å². The van der Waals surface area contributed by atoms with Gasteiger partial charge >= 0.3 is 0 Å². The Labute approximate surface area is 204 Å². The van der Waals surface area contributed by atoms with Crippen molar-refractivity contribution in [3.63, 3.8) is 0 Å². The molecular weight excluding hydrogens is 455 g/mol. The number of nitriles is 1. The molecule has 5 nitrogen and oxygen atoms in total. The maximum Gasteiger partial charge on any atom is 0.101 e. The molecule has 0 spiro atoms. The molecule has 0 bridgehead atoms. The van der Waals surface area contributed by atoms with Crippen molar-refractivity contribution in [3.05, 3.63) is 93.2 Å². The number of hydrogen-bond acceptors (Lipinski definition) is 5. The average Bonchev–Trinajstić information content (AvgIpc) is 2.80. The SMILES string of the molecule is Cc1ccc([C@](C)(O)CN2CCN(c3ccc(C#N)cc3Cl)[C@H](c3ccc(Cl)cc3)C2)cn1. The number of rotatable bonds is 5. The summed E-state index contributed by atoms with van der Waals surface area (Å²) in [4.78, 5) is 8.89. The number of β-amino-alcohol motifs (C(OH)–C–C–N with tert-alkyl or cyclic N) is 1. The average molecular weight is 481 g/mol. The largest absolute Gasteiger partial charge is 0.384 e. The summed E-state index contributed by atoms with van der Waals surface area (Å²) >= 11 is 12.7. The zero-order valence-corrected chi connectivity index (χ0v) is 20.2. The molecule has 2 heterocycles. The Morgan fingerprint density at radius 1 is 1.12 bits per heavy atom. The third-order valence-electron chi connectivity index (χ3n) is 6.17. The second-order valence-electron chi connectivity index (χ2n) is 8.74. The lowest BCUT2D eigenvalue weighted by atomic mass is 9.95. The molecule has 0 amide bonds. The highest BCUT2D eigenvalue weighted by molar-refractivity contribution is 6.33. The van der Waals surface area contributed by atoms with Gasteiger partial charge in [-0.3, -0.25) is 9.88 Å². The number of piperazine rings is 1. The van der Waals surface area contributed by atoms with Gasteiger partial charge in [-0.05, 0) is 55.8 Å². The van der Waals surface area contributed by atoms with E-state index in [0.29, 0.717) is 28.7 Å². The van der Waals surface area contributed by atoms with E-state index in [1.54, 1.807) is 18.3 Å². The number of aromatic nitrogens is 1. The summed E-state index contributed by atoms with van der Waals surface area (Å²) in [6, 6.07) is 19.3. The Morgan fingerprint density at radius 2 is 1.88 bits per heavy atom. The smallest absolute Gasteiger partial charge is 0.101 e. The van der Waals surface area contributed by atoms with Crippen molar-refractivity contribution in [2.45, 2.75) is 25.5 Å². The van der Waals surface area contributed by atoms with Crippen LogP contribution in [0.4, 0.5) is 5.69 Å². The van der Waals surface area contributed by atoms with Crippen LogP contribution >= 0.6 is 23.2 Å². The van der Waals surface area contributed by atoms with Crippen LogP contribution < -0.4 is 4.90 Å². The number of benzene rings is 2. The highest BCUT2D eigenvalue weighted by Crippen LogP contribution is 2.37. The van der Waals surface area contributed by atoms with Gasteiger partial charge < -0.3 is 10.0 Å². The highest BCUT2D eigenvalue weighted by Gasteiger charge is 2.34. The summed E-state index contributed by atoms with van der Waals surface area (Å²) in [7, 11) is 0. The first kappa shape index (κ1) is 23.5. The van der Waals surface area contributed by atoms with E-state index in [4.69, 9.17) is 23.2 Å². The van der Waals surface area contributed by atoms with E-state index >= 15 is 0 Å². The predicted molar refractivity (Wildman–Crippen MR) is 133 cm³/mol. The summed E-state index contributed by atoms with van der Waals surface area (Å²) in [6.45, 7) is 6.43. The lowest BCUT2D eigenvalue weighted by Crippen LogP contribution is -2.52. The minimum atomic E-state index is -1.03. The van der Waals surface area contributed by atoms with Crippen LogP contribution in [0.15, 0.2) is 60.8 Å². The number of halogens is 2. The maximum atomic E-state index is 11.2. The van der Waals surface area contributed by atoms with Gasteiger partial charge in [-0.1, -0.05) is 41.4 Å². The minimum Gasteiger partial charge on any atom is -0.384 e. The lowest BCUT2D eigenvalue weighted by molar-refractivity contribution is 0.0100. The molecule has 0 radical (unpaired) electrons. The molecule has 0 unspecified atom stereocenters. The molecule has 1 aliphatic heterocycles. The predicted octanol–water partition coefficient (Wildman–Crippen LogP) is 5.34. The summed E-state index contributed by atoms with van der Waals surface area (Å²) in [5, 5.41) is 21.7. The van der Waals surface area contributed by atoms with Gasteiger partial charge in [0, 0.05) is 48.7 Å². The molecular formula is C26H26Cl2N4O. The molecule has 33 heavy (non-hydrogen) atoms. The Hall–Kier alpha value is -2.62. The molecule has 2 atom stereocenters. The Kier molecular flexibility index (Phi) is 6.92. The van der Waals surface area contributed by atoms with Gasteiger partial charge in [-0.15, -0.1) is 0 Å². The van der Waals surface area contributed by atoms with E-state index in [9.17, 15) is 10.4 Å². The zero-order chi connectivity index (χ0) is 23.6. The van der Waals surface area contributed by atoms with Gasteiger partial charge in [0.15, 0.2) is 0 Å². The molecule has 1 aromatic heterocycles. The fourth-order valence-corrected chi connectivity index (χ4v) is 4.78. The first-order valence-corrected chi connectivity index (χ1v) is 11.6. The fourth-order valence-electron chi connectivity index (χ4n) is 4.36. The number of anilines is 1. The second kappa shape index (κ2) is 9.70. The molecule has 1 saturated heterocycles. The van der Waals surface area contributed by atoms with E-state index < -0.39 is 5.60 Å². The van der Waals surface area contributed by atoms with Gasteiger partial charge in [-0.25, -0.2) is 0 Å². The topological polar surface area (TPSA) is 63.4 Å². The van der Waals surface area contributed by atoms with Crippen molar-refractivity contribution in [2.24, 2.45) is 0 Å². The fraction of sp³-hybridized carbons (Fsp3) is 0.308. The molecule has 1 N–H and O–H groups in total. The van der Waals surface area contributed by atoms with Crippen LogP contribution in [-0.2, 0) is 5.60 Å². The zero-order valence-electron chi connectivity index (χ0n) is 18.7. The van der Waals surface area contributed by atoms with Gasteiger partial charge in [0.05, 0.1) is 28.4 Å². The summed E-state index contributed by atoms with van der Waals surface area (Å²) in [5.41, 5.74) is 3.23. The normalized spacial score (nSPS) is 18.5. The Morgan fingerprint density at radius 3 is 2.52 bits per heavy atom. The van der Waals surface area contributed by atoms with Crippen LogP contribution in [0.3, 0.4) is 0 Å². The van der Waals surface area contributed by atoms with E-state index in [1.165, 1.54) is 0 Å². The van der Waals surface area contributed by atoms with Crippen molar-refractivity contribution < 1.29 is 5.11 Å². The quantitative estimate of drug-likeness (QED) is 0.533. The molecule has 7 heteroatoms.